The second kappa shape index (κ2) is 39.6. The second-order valence-electron chi connectivity index (χ2n) is 30.9. The number of nitrogens with zero attached hydrogens (tertiary/aromatic N) is 2. The fourth-order valence-corrected chi connectivity index (χ4v) is 15.8. The molecule has 0 radical (unpaired) electrons. The van der Waals surface area contributed by atoms with Crippen molar-refractivity contribution in [2.24, 2.45) is 11.7 Å². The van der Waals surface area contributed by atoms with Crippen molar-refractivity contribution >= 4 is 105 Å². The number of carbonyl (C=O) groups excluding carboxylic acids is 9. The highest BCUT2D eigenvalue weighted by Gasteiger charge is 2.52. The smallest absolute Gasteiger partial charge is 0.349 e. The standard InChI is InChI=1S/C82H91Cl4N13O26/c1-7-119-98-79(117)63-42-28-40(101)29-50(103)60(42)41-23-36(9-13-49(41)102)61-75(113)97-65(78(116)95-63)67(107)38-11-15-52(46(86)25-38)122-54-27-39-26-53(121-51-14-10-37(24-45(51)85)66(106)64(96-73(111)47(88-6)20-33(2)3)77(115)90-48(30-56(87)104)74(112)93-62(39)76(114)94-61)70(54)125-80-71(69(109)68(108)55(32-100)123-80)124-59-31-82(5,72(110)34(4)120-59)89-17-19-99-18-16-57(92-81(99)118)91-58(105)22-35-8-12-43(83)44(84)21-35/h8-16,18,21,23-29,33-34,47-48,55,59,61-69,71-72,80,88-89,100-103,106-110H,7,17,19-20,22,30-32H2,1-6H3,(H2,87,104)(H,90,115)(H,93,112)(H,94,114)(H,95,116)(H,96,111)(H,97,113)(H,98,117)(H,91,92,105,118)/t34?,47?,48?,55?,59?,61?,62?,63-,64?,65?,66?,67?,68?,69?,71?,72?,80?,82-/m1/s1. The van der Waals surface area contributed by atoms with E-state index >= 15 is 24.0 Å². The monoisotopic (exact) mass is 1810 g/mol. The number of aromatic hydroxyl groups is 3. The Balaban J connectivity index is 0.998. The summed E-state index contributed by atoms with van der Waals surface area (Å²) in [5, 5.41) is 130. The molecule has 0 saturated carbocycles. The molecule has 125 heavy (non-hydrogen) atoms. The number of benzene rings is 6. The molecule has 11 bridgehead atoms. The quantitative estimate of drug-likeness (QED) is 0.0433. The van der Waals surface area contributed by atoms with Gasteiger partial charge in [-0.15, -0.1) is 0 Å². The Kier molecular flexibility index (Phi) is 29.5. The van der Waals surface area contributed by atoms with Crippen molar-refractivity contribution in [2.75, 3.05) is 32.1 Å². The normalized spacial score (nSPS) is 25.9. The van der Waals surface area contributed by atoms with Crippen LogP contribution in [0.1, 0.15) is 118 Å². The lowest BCUT2D eigenvalue weighted by Crippen LogP contribution is -2.65. The topological polar surface area (TPSA) is 582 Å². The van der Waals surface area contributed by atoms with Crippen LogP contribution >= 0.6 is 46.4 Å². The highest BCUT2D eigenvalue weighted by atomic mass is 35.5. The van der Waals surface area contributed by atoms with Crippen molar-refractivity contribution in [1.29, 1.82) is 0 Å². The highest BCUT2D eigenvalue weighted by Crippen LogP contribution is 2.50. The number of phenolic OH excluding ortho intramolecular Hbond substituents is 3. The summed E-state index contributed by atoms with van der Waals surface area (Å²) >= 11 is 26.5. The van der Waals surface area contributed by atoms with E-state index in [1.165, 1.54) is 62.0 Å². The molecule has 2 saturated heterocycles. The van der Waals surface area contributed by atoms with Gasteiger partial charge in [-0.25, -0.2) is 10.3 Å². The van der Waals surface area contributed by atoms with E-state index in [1.807, 2.05) is 13.8 Å². The minimum absolute atomic E-state index is 0.0396. The van der Waals surface area contributed by atoms with E-state index in [1.54, 1.807) is 13.0 Å². The van der Waals surface area contributed by atoms with Crippen molar-refractivity contribution < 1.29 is 122 Å². The van der Waals surface area contributed by atoms with Crippen LogP contribution < -0.4 is 79.0 Å². The molecule has 8 heterocycles. The molecule has 18 atom stereocenters. The Morgan fingerprint density at radius 2 is 1.36 bits per heavy atom. The lowest BCUT2D eigenvalue weighted by atomic mass is 9.85. The number of primary amides is 1. The Morgan fingerprint density at radius 1 is 0.704 bits per heavy atom. The summed E-state index contributed by atoms with van der Waals surface area (Å²) in [6, 6.07) is 5.66. The number of halogens is 4. The van der Waals surface area contributed by atoms with Gasteiger partial charge in [-0.2, -0.15) is 4.98 Å². The predicted molar refractivity (Wildman–Crippen MR) is 443 cm³/mol. The maximum absolute atomic E-state index is 16.3. The first kappa shape index (κ1) is 93.1. The summed E-state index contributed by atoms with van der Waals surface area (Å²) in [5.74, 6) is -16.0. The number of phenols is 3. The summed E-state index contributed by atoms with van der Waals surface area (Å²) in [6.45, 7) is 6.94. The van der Waals surface area contributed by atoms with Gasteiger partial charge >= 0.3 is 5.69 Å². The van der Waals surface area contributed by atoms with Gasteiger partial charge in [0.05, 0.1) is 64.4 Å². The van der Waals surface area contributed by atoms with Gasteiger partial charge in [-0.3, -0.25) is 52.6 Å². The second-order valence-corrected chi connectivity index (χ2v) is 32.5. The summed E-state index contributed by atoms with van der Waals surface area (Å²) < 4.78 is 40.6. The Labute approximate surface area is 731 Å². The molecule has 0 spiro atoms. The number of anilines is 1. The van der Waals surface area contributed by atoms with E-state index < -0.39 is 254 Å². The number of hydrogen-bond acceptors (Lipinski definition) is 29. The number of hydroxylamine groups is 1. The number of hydrogen-bond donors (Lipinski definition) is 20. The third-order valence-corrected chi connectivity index (χ3v) is 22.8. The molecule has 16 unspecified atom stereocenters. The first-order valence-electron chi connectivity index (χ1n) is 39.3. The summed E-state index contributed by atoms with van der Waals surface area (Å²) in [5.41, 5.74) is 3.66. The van der Waals surface area contributed by atoms with Crippen LogP contribution in [0.5, 0.6) is 46.0 Å². The number of nitrogens with one attached hydrogen (secondary N) is 10. The molecule has 43 heteroatoms. The van der Waals surface area contributed by atoms with Gasteiger partial charge in [0.2, 0.25) is 59.3 Å². The molecule has 1 aromatic heterocycles. The van der Waals surface area contributed by atoms with Gasteiger partial charge in [-0.1, -0.05) is 84.5 Å². The fourth-order valence-electron chi connectivity index (χ4n) is 15.0. The molecule has 7 aromatic rings. The lowest BCUT2D eigenvalue weighted by molar-refractivity contribution is -0.334. The van der Waals surface area contributed by atoms with Crippen LogP contribution in [0.3, 0.4) is 0 Å². The lowest BCUT2D eigenvalue weighted by Gasteiger charge is -2.48. The molecule has 6 aromatic carbocycles. The number of aliphatic hydroxyl groups excluding tert-OH is 6. The number of nitrogens with two attached hydrogens (primary N) is 1. The van der Waals surface area contributed by atoms with E-state index in [4.69, 9.17) is 85.4 Å². The third kappa shape index (κ3) is 21.2. The molecule has 39 nitrogen and oxygen atoms in total. The number of aromatic nitrogens is 2. The molecule has 21 N–H and O–H groups in total. The minimum Gasteiger partial charge on any atom is -0.508 e. The summed E-state index contributed by atoms with van der Waals surface area (Å²) in [4.78, 5) is 155. The first-order chi connectivity index (χ1) is 59.3. The van der Waals surface area contributed by atoms with E-state index in [0.29, 0.717) is 10.6 Å². The van der Waals surface area contributed by atoms with Gasteiger partial charge in [0.25, 0.3) is 5.91 Å². The van der Waals surface area contributed by atoms with Crippen LogP contribution in [-0.4, -0.2) is 214 Å². The molecule has 2 fully saturated rings. The van der Waals surface area contributed by atoms with Crippen LogP contribution in [0.2, 0.25) is 20.1 Å². The molecule has 668 valence electrons. The Hall–Kier alpha value is -11.1. The number of carbonyl (C=O) groups is 9. The third-order valence-electron chi connectivity index (χ3n) is 21.4. The zero-order valence-corrected chi connectivity index (χ0v) is 70.4. The minimum atomic E-state index is -2.39. The van der Waals surface area contributed by atoms with Gasteiger partial charge < -0.3 is 128 Å². The van der Waals surface area contributed by atoms with E-state index in [9.17, 15) is 69.9 Å². The van der Waals surface area contributed by atoms with Crippen LogP contribution in [0.15, 0.2) is 114 Å². The van der Waals surface area contributed by atoms with Crippen LogP contribution in [0.25, 0.3) is 11.1 Å². The Morgan fingerprint density at radius 3 is 1.99 bits per heavy atom. The SMILES string of the molecule is CCONC(=O)[C@@H]1NC(=O)C2NC(=O)C(NC(=O)C3NC(=O)C(CC(N)=O)NC(=O)C(NC(=O)C(CC(C)C)NC)C(O)c4ccc(c(Cl)c4)Oc4cc3cc(c4OC3OC(CO)C(O)C(O)C3OC3C[C@@](C)(NCCn4ccc(NC(=O)Cc5ccc(Cl)c(Cl)c5)nc4=O)C(O)C(C)O3)Oc3ccc(cc3Cl)C2O)c2ccc(O)c(c2)-c2c(O)cc(O)cc21. The van der Waals surface area contributed by atoms with Gasteiger partial charge in [0, 0.05) is 48.4 Å². The first-order valence-corrected chi connectivity index (χ1v) is 40.8. The average molecular weight is 1820 g/mol. The number of ether oxygens (including phenoxy) is 6. The maximum atomic E-state index is 16.3. The van der Waals surface area contributed by atoms with Crippen molar-refractivity contribution in [2.45, 2.75) is 176 Å². The number of rotatable bonds is 22. The van der Waals surface area contributed by atoms with E-state index in [2.05, 4.69) is 58.3 Å². The van der Waals surface area contributed by atoms with Crippen molar-refractivity contribution in [3.05, 3.63) is 173 Å². The molecular formula is C82H91Cl4N13O26. The van der Waals surface area contributed by atoms with Crippen LogP contribution in [0, 0.1) is 5.92 Å². The Bertz CT molecular complexity index is 5370. The number of likely N-dealkylation sites (N-methyl/N-ethyl adjacent to an activating group) is 1. The van der Waals surface area contributed by atoms with Crippen molar-refractivity contribution in [3.63, 3.8) is 0 Å². The number of aliphatic hydroxyl groups is 6. The van der Waals surface area contributed by atoms with Crippen LogP contribution in [0.4, 0.5) is 5.82 Å². The summed E-state index contributed by atoms with van der Waals surface area (Å²) in [6.07, 6.45) is -18.3. The van der Waals surface area contributed by atoms with Crippen molar-refractivity contribution in [1.82, 2.24) is 57.6 Å². The fraction of sp³-hybridized carbons (Fsp3) is 0.402. The largest absolute Gasteiger partial charge is 0.508 e. The predicted octanol–water partition coefficient (Wildman–Crippen LogP) is 2.47. The molecule has 7 aliphatic heterocycles. The highest BCUT2D eigenvalue weighted by molar-refractivity contribution is 6.42. The zero-order valence-electron chi connectivity index (χ0n) is 67.4. The van der Waals surface area contributed by atoms with E-state index in [0.717, 1.165) is 66.7 Å². The molecular weight excluding hydrogens is 1720 g/mol. The number of amides is 9. The van der Waals surface area contributed by atoms with Gasteiger partial charge in [0.1, 0.15) is 101 Å². The zero-order chi connectivity index (χ0) is 90.5. The van der Waals surface area contributed by atoms with Gasteiger partial charge in [0.15, 0.2) is 23.9 Å². The molecule has 14 rings (SSSR count). The van der Waals surface area contributed by atoms with Crippen molar-refractivity contribution in [3.8, 4) is 57.1 Å². The maximum Gasteiger partial charge on any atom is 0.349 e. The molecule has 0 aliphatic carbocycles. The van der Waals surface area contributed by atoms with Crippen LogP contribution in [-0.2, 0) is 75.2 Å². The summed E-state index contributed by atoms with van der Waals surface area (Å²) in [7, 11) is 1.47. The average Bonchev–Trinajstić information content (AvgIpc) is 0.767. The number of fused-ring (bicyclic) bond motifs is 15. The molecule has 7 aliphatic rings. The van der Waals surface area contributed by atoms with E-state index in [-0.39, 0.29) is 78.2 Å². The molecule has 9 amide bonds. The van der Waals surface area contributed by atoms with Gasteiger partial charge in [-0.05, 0) is 146 Å².